The zero-order valence-electron chi connectivity index (χ0n) is 9.55. The van der Waals surface area contributed by atoms with Crippen LogP contribution in [0.25, 0.3) is 0 Å². The molecule has 0 bridgehead atoms. The molecule has 8 heteroatoms. The summed E-state index contributed by atoms with van der Waals surface area (Å²) in [5.41, 5.74) is 5.60. The van der Waals surface area contributed by atoms with Crippen LogP contribution in [0.3, 0.4) is 0 Å². The lowest BCUT2D eigenvalue weighted by atomic mass is 10.5. The second-order valence-corrected chi connectivity index (χ2v) is 7.27. The molecule has 0 aromatic carbocycles. The van der Waals surface area contributed by atoms with Gasteiger partial charge in [0.25, 0.3) is 0 Å². The van der Waals surface area contributed by atoms with Gasteiger partial charge in [-0.05, 0) is 28.3 Å². The van der Waals surface area contributed by atoms with E-state index in [1.807, 2.05) is 6.26 Å². The van der Waals surface area contributed by atoms with Gasteiger partial charge < -0.3 is 5.73 Å². The highest BCUT2D eigenvalue weighted by molar-refractivity contribution is 9.10. The number of hydrogen-bond donors (Lipinski definition) is 1. The first kappa shape index (κ1) is 14.7. The Bertz CT molecular complexity index is 493. The number of pyridine rings is 1. The van der Waals surface area contributed by atoms with E-state index in [0.29, 0.717) is 11.0 Å². The fourth-order valence-electron chi connectivity index (χ4n) is 1.15. The summed E-state index contributed by atoms with van der Waals surface area (Å²) in [4.78, 5) is 3.86. The summed E-state index contributed by atoms with van der Waals surface area (Å²) in [6, 6.07) is 1.47. The summed E-state index contributed by atoms with van der Waals surface area (Å²) >= 11 is 4.77. The quantitative estimate of drug-likeness (QED) is 0.877. The molecule has 0 aliphatic rings. The van der Waals surface area contributed by atoms with Crippen molar-refractivity contribution in [3.05, 3.63) is 16.7 Å². The van der Waals surface area contributed by atoms with Gasteiger partial charge in [0.15, 0.2) is 0 Å². The summed E-state index contributed by atoms with van der Waals surface area (Å²) in [5.74, 6) is 0.751. The lowest BCUT2D eigenvalue weighted by Gasteiger charge is -2.17. The van der Waals surface area contributed by atoms with Crippen LogP contribution in [0.1, 0.15) is 0 Å². The SMILES string of the molecule is CSCCN(C)S(=O)(=O)c1cc(Br)cnc1N. The summed E-state index contributed by atoms with van der Waals surface area (Å²) in [5, 5.41) is 0. The molecular weight excluding hydrogens is 326 g/mol. The van der Waals surface area contributed by atoms with Gasteiger partial charge in [0, 0.05) is 30.0 Å². The van der Waals surface area contributed by atoms with Gasteiger partial charge in [-0.2, -0.15) is 16.1 Å². The molecular formula is C9H14BrN3O2S2. The van der Waals surface area contributed by atoms with Gasteiger partial charge in [0.05, 0.1) is 0 Å². The molecule has 0 unspecified atom stereocenters. The maximum absolute atomic E-state index is 12.2. The van der Waals surface area contributed by atoms with Gasteiger partial charge in [-0.15, -0.1) is 0 Å². The number of nitrogens with zero attached hydrogens (tertiary/aromatic N) is 2. The first-order chi connectivity index (χ1) is 7.89. The predicted octanol–water partition coefficient (Wildman–Crippen LogP) is 1.41. The molecule has 2 N–H and O–H groups in total. The van der Waals surface area contributed by atoms with Crippen LogP contribution in [0.15, 0.2) is 21.6 Å². The zero-order chi connectivity index (χ0) is 13.1. The number of rotatable bonds is 5. The van der Waals surface area contributed by atoms with E-state index in [4.69, 9.17) is 5.73 Å². The molecule has 17 heavy (non-hydrogen) atoms. The minimum Gasteiger partial charge on any atom is -0.383 e. The molecule has 0 radical (unpaired) electrons. The van der Waals surface area contributed by atoms with Gasteiger partial charge in [-0.25, -0.2) is 13.4 Å². The van der Waals surface area contributed by atoms with Crippen molar-refractivity contribution < 1.29 is 8.42 Å². The Hall–Kier alpha value is -0.310. The van der Waals surface area contributed by atoms with Crippen LogP contribution in [-0.4, -0.2) is 43.3 Å². The van der Waals surface area contributed by atoms with E-state index in [1.54, 1.807) is 11.8 Å². The van der Waals surface area contributed by atoms with E-state index in [1.165, 1.54) is 23.6 Å². The Labute approximate surface area is 114 Å². The van der Waals surface area contributed by atoms with Crippen molar-refractivity contribution in [2.24, 2.45) is 0 Å². The van der Waals surface area contributed by atoms with Crippen molar-refractivity contribution in [1.82, 2.24) is 9.29 Å². The van der Waals surface area contributed by atoms with Gasteiger partial charge in [-0.1, -0.05) is 0 Å². The molecule has 1 heterocycles. The molecule has 96 valence electrons. The lowest BCUT2D eigenvalue weighted by Crippen LogP contribution is -2.29. The van der Waals surface area contributed by atoms with Gasteiger partial charge in [-0.3, -0.25) is 0 Å². The molecule has 0 fully saturated rings. The summed E-state index contributed by atoms with van der Waals surface area (Å²) < 4.78 is 26.2. The zero-order valence-corrected chi connectivity index (χ0v) is 12.8. The number of sulfonamides is 1. The van der Waals surface area contributed by atoms with Crippen LogP contribution in [0, 0.1) is 0 Å². The van der Waals surface area contributed by atoms with Crippen molar-refractivity contribution in [3.8, 4) is 0 Å². The van der Waals surface area contributed by atoms with Crippen molar-refractivity contribution in [1.29, 1.82) is 0 Å². The van der Waals surface area contributed by atoms with Crippen LogP contribution in [-0.2, 0) is 10.0 Å². The van der Waals surface area contributed by atoms with Crippen LogP contribution < -0.4 is 5.73 Å². The summed E-state index contributed by atoms with van der Waals surface area (Å²) in [6.07, 6.45) is 3.39. The summed E-state index contributed by atoms with van der Waals surface area (Å²) in [6.45, 7) is 0.440. The van der Waals surface area contributed by atoms with Crippen LogP contribution in [0.5, 0.6) is 0 Å². The number of nitrogen functional groups attached to an aromatic ring is 1. The van der Waals surface area contributed by atoms with Crippen molar-refractivity contribution in [2.75, 3.05) is 31.3 Å². The Morgan fingerprint density at radius 3 is 2.82 bits per heavy atom. The molecule has 0 amide bonds. The fraction of sp³-hybridized carbons (Fsp3) is 0.444. The maximum Gasteiger partial charge on any atom is 0.246 e. The number of thioether (sulfide) groups is 1. The first-order valence-electron chi connectivity index (χ1n) is 4.76. The summed E-state index contributed by atoms with van der Waals surface area (Å²) in [7, 11) is -2.03. The average Bonchev–Trinajstić information content (AvgIpc) is 2.28. The van der Waals surface area contributed by atoms with E-state index in [2.05, 4.69) is 20.9 Å². The second-order valence-electron chi connectivity index (χ2n) is 3.36. The van der Waals surface area contributed by atoms with Crippen molar-refractivity contribution >= 4 is 43.5 Å². The molecule has 0 saturated heterocycles. The lowest BCUT2D eigenvalue weighted by molar-refractivity contribution is 0.488. The average molecular weight is 340 g/mol. The number of aromatic nitrogens is 1. The van der Waals surface area contributed by atoms with E-state index in [9.17, 15) is 8.42 Å². The smallest absolute Gasteiger partial charge is 0.246 e. The molecule has 0 aliphatic carbocycles. The van der Waals surface area contributed by atoms with Crippen LogP contribution >= 0.6 is 27.7 Å². The topological polar surface area (TPSA) is 76.3 Å². The van der Waals surface area contributed by atoms with Crippen molar-refractivity contribution in [3.63, 3.8) is 0 Å². The highest BCUT2D eigenvalue weighted by Gasteiger charge is 2.23. The standard InChI is InChI=1S/C9H14BrN3O2S2/c1-13(3-4-16-2)17(14,15)8-5-7(10)6-12-9(8)11/h5-6H,3-4H2,1-2H3,(H2,11,12). The number of anilines is 1. The van der Waals surface area contributed by atoms with Gasteiger partial charge in [0.2, 0.25) is 10.0 Å². The molecule has 0 atom stereocenters. The molecule has 0 spiro atoms. The predicted molar refractivity (Wildman–Crippen MR) is 74.5 cm³/mol. The van der Waals surface area contributed by atoms with E-state index >= 15 is 0 Å². The monoisotopic (exact) mass is 339 g/mol. The third kappa shape index (κ3) is 3.57. The number of nitrogens with two attached hydrogens (primary N) is 1. The minimum atomic E-state index is -3.56. The number of hydrogen-bond acceptors (Lipinski definition) is 5. The molecule has 1 aromatic rings. The normalized spacial score (nSPS) is 12.0. The fourth-order valence-corrected chi connectivity index (χ4v) is 3.46. The highest BCUT2D eigenvalue weighted by Crippen LogP contribution is 2.23. The highest BCUT2D eigenvalue weighted by atomic mass is 79.9. The van der Waals surface area contributed by atoms with Crippen LogP contribution in [0.4, 0.5) is 5.82 Å². The molecule has 1 aromatic heterocycles. The molecule has 0 saturated carbocycles. The third-order valence-corrected chi connectivity index (χ3v) is 5.06. The number of halogens is 1. The molecule has 0 aliphatic heterocycles. The minimum absolute atomic E-state index is 0.0178. The van der Waals surface area contributed by atoms with E-state index in [-0.39, 0.29) is 10.7 Å². The largest absolute Gasteiger partial charge is 0.383 e. The molecule has 1 rings (SSSR count). The Morgan fingerprint density at radius 2 is 2.24 bits per heavy atom. The Balaban J connectivity index is 3.08. The van der Waals surface area contributed by atoms with Gasteiger partial charge >= 0.3 is 0 Å². The third-order valence-electron chi connectivity index (χ3n) is 2.15. The van der Waals surface area contributed by atoms with Crippen molar-refractivity contribution in [2.45, 2.75) is 4.90 Å². The maximum atomic E-state index is 12.2. The second kappa shape index (κ2) is 6.03. The van der Waals surface area contributed by atoms with E-state index < -0.39 is 10.0 Å². The van der Waals surface area contributed by atoms with Gasteiger partial charge in [0.1, 0.15) is 10.7 Å². The van der Waals surface area contributed by atoms with Crippen LogP contribution in [0.2, 0.25) is 0 Å². The van der Waals surface area contributed by atoms with E-state index in [0.717, 1.165) is 5.75 Å². The Morgan fingerprint density at radius 1 is 1.59 bits per heavy atom. The molecule has 5 nitrogen and oxygen atoms in total. The first-order valence-corrected chi connectivity index (χ1v) is 8.38. The Kier molecular flexibility index (Phi) is 5.23.